The molecule has 0 spiro atoms. The highest BCUT2D eigenvalue weighted by Gasteiger charge is 2.37. The summed E-state index contributed by atoms with van der Waals surface area (Å²) in [6, 6.07) is 0. The van der Waals surface area contributed by atoms with Crippen molar-refractivity contribution < 1.29 is 18.3 Å². The van der Waals surface area contributed by atoms with Crippen molar-refractivity contribution in [1.29, 1.82) is 0 Å². The Morgan fingerprint density at radius 3 is 2.58 bits per heavy atom. The van der Waals surface area contributed by atoms with E-state index in [0.717, 1.165) is 0 Å². The molecule has 12 heavy (non-hydrogen) atoms. The average molecular weight is 243 g/mol. The van der Waals surface area contributed by atoms with Crippen molar-refractivity contribution in [3.05, 3.63) is 23.8 Å². The van der Waals surface area contributed by atoms with Gasteiger partial charge in [0.05, 0.1) is 0 Å². The number of alkyl halides is 2. The van der Waals surface area contributed by atoms with Gasteiger partial charge < -0.3 is 5.11 Å². The lowest BCUT2D eigenvalue weighted by Gasteiger charge is -2.26. The molecule has 0 saturated heterocycles. The topological polar surface area (TPSA) is 20.2 Å². The minimum atomic E-state index is -1.97. The van der Waals surface area contributed by atoms with Crippen LogP contribution in [-0.2, 0) is 0 Å². The van der Waals surface area contributed by atoms with Crippen molar-refractivity contribution in [1.82, 2.24) is 0 Å². The zero-order valence-corrected chi connectivity index (χ0v) is 7.48. The van der Waals surface area contributed by atoms with Crippen LogP contribution in [0.4, 0.5) is 13.2 Å². The summed E-state index contributed by atoms with van der Waals surface area (Å²) in [5, 5.41) is 9.11. The number of hydrogen-bond acceptors (Lipinski definition) is 1. The summed E-state index contributed by atoms with van der Waals surface area (Å²) >= 11 is 2.80. The molecular formula is C7H6BrF3O. The molecule has 0 aliphatic heterocycles. The Balaban J connectivity index is 2.99. The Bertz CT molecular complexity index is 251. The van der Waals surface area contributed by atoms with Gasteiger partial charge in [-0.1, -0.05) is 15.9 Å². The summed E-state index contributed by atoms with van der Waals surface area (Å²) in [7, 11) is 0. The molecule has 1 rings (SSSR count). The Morgan fingerprint density at radius 2 is 2.08 bits per heavy atom. The van der Waals surface area contributed by atoms with Crippen molar-refractivity contribution in [3.63, 3.8) is 0 Å². The Labute approximate surface area is 75.7 Å². The number of aliphatic hydroxyl groups is 1. The lowest BCUT2D eigenvalue weighted by Crippen LogP contribution is -2.40. The molecule has 1 aliphatic rings. The maximum Gasteiger partial charge on any atom is 0.157 e. The molecule has 68 valence electrons. The SMILES string of the molecule is OC1(CBr)C=C(F)C(F)=CC1F. The second kappa shape index (κ2) is 3.22. The molecule has 0 aromatic heterocycles. The predicted molar refractivity (Wildman–Crippen MR) is 42.0 cm³/mol. The minimum absolute atomic E-state index is 0.182. The molecule has 0 aromatic carbocycles. The molecule has 0 heterocycles. The molecule has 0 amide bonds. The molecule has 2 unspecified atom stereocenters. The number of hydrogen-bond donors (Lipinski definition) is 1. The summed E-state index contributed by atoms with van der Waals surface area (Å²) in [5.74, 6) is -2.50. The molecule has 0 saturated carbocycles. The van der Waals surface area contributed by atoms with Crippen LogP contribution >= 0.6 is 15.9 Å². The maximum atomic E-state index is 12.8. The summed E-state index contributed by atoms with van der Waals surface area (Å²) < 4.78 is 37.7. The van der Waals surface area contributed by atoms with E-state index in [0.29, 0.717) is 12.2 Å². The van der Waals surface area contributed by atoms with E-state index in [1.807, 2.05) is 0 Å². The normalized spacial score (nSPS) is 35.9. The van der Waals surface area contributed by atoms with E-state index in [1.54, 1.807) is 0 Å². The number of rotatable bonds is 1. The molecule has 5 heteroatoms. The van der Waals surface area contributed by atoms with E-state index in [9.17, 15) is 18.3 Å². The van der Waals surface area contributed by atoms with Gasteiger partial charge in [-0.15, -0.1) is 0 Å². The van der Waals surface area contributed by atoms with Crippen LogP contribution in [-0.4, -0.2) is 22.2 Å². The van der Waals surface area contributed by atoms with E-state index in [4.69, 9.17) is 0 Å². The van der Waals surface area contributed by atoms with Gasteiger partial charge in [0.2, 0.25) is 0 Å². The van der Waals surface area contributed by atoms with Gasteiger partial charge in [-0.05, 0) is 12.2 Å². The monoisotopic (exact) mass is 242 g/mol. The van der Waals surface area contributed by atoms with Crippen LogP contribution in [0, 0.1) is 0 Å². The first-order chi connectivity index (χ1) is 5.49. The second-order valence-corrected chi connectivity index (χ2v) is 3.09. The fourth-order valence-electron chi connectivity index (χ4n) is 0.833. The smallest absolute Gasteiger partial charge is 0.157 e. The third-order valence-corrected chi connectivity index (χ3v) is 2.49. The van der Waals surface area contributed by atoms with E-state index in [-0.39, 0.29) is 5.33 Å². The van der Waals surface area contributed by atoms with Crippen molar-refractivity contribution in [3.8, 4) is 0 Å². The fraction of sp³-hybridized carbons (Fsp3) is 0.429. The van der Waals surface area contributed by atoms with Crippen LogP contribution in [0.2, 0.25) is 0 Å². The summed E-state index contributed by atoms with van der Waals surface area (Å²) in [6.07, 6.45) is -0.977. The Kier molecular flexibility index (Phi) is 2.63. The van der Waals surface area contributed by atoms with E-state index in [1.165, 1.54) is 0 Å². The standard InChI is InChI=1S/C7H6BrF3O/c8-3-7(12)2-5(10)4(9)1-6(7)11/h1-2,6,12H,3H2. The lowest BCUT2D eigenvalue weighted by atomic mass is 9.95. The van der Waals surface area contributed by atoms with Gasteiger partial charge in [0.25, 0.3) is 0 Å². The van der Waals surface area contributed by atoms with Gasteiger partial charge in [-0.25, -0.2) is 13.2 Å². The van der Waals surface area contributed by atoms with Gasteiger partial charge in [0.15, 0.2) is 17.8 Å². The molecule has 2 atom stereocenters. The summed E-state index contributed by atoms with van der Waals surface area (Å²) in [5.41, 5.74) is -1.97. The highest BCUT2D eigenvalue weighted by Crippen LogP contribution is 2.31. The molecule has 1 nitrogen and oxygen atoms in total. The van der Waals surface area contributed by atoms with Crippen LogP contribution in [0.25, 0.3) is 0 Å². The molecule has 0 radical (unpaired) electrons. The quantitative estimate of drug-likeness (QED) is 0.699. The summed E-state index contributed by atoms with van der Waals surface area (Å²) in [6.45, 7) is 0. The highest BCUT2D eigenvalue weighted by molar-refractivity contribution is 9.09. The molecule has 0 fully saturated rings. The number of allylic oxidation sites excluding steroid dienone is 2. The zero-order valence-electron chi connectivity index (χ0n) is 5.90. The third-order valence-electron chi connectivity index (χ3n) is 1.59. The van der Waals surface area contributed by atoms with Crippen molar-refractivity contribution in [2.75, 3.05) is 5.33 Å². The van der Waals surface area contributed by atoms with Crippen molar-refractivity contribution in [2.45, 2.75) is 11.8 Å². The van der Waals surface area contributed by atoms with Crippen molar-refractivity contribution in [2.24, 2.45) is 0 Å². The first-order valence-electron chi connectivity index (χ1n) is 3.18. The van der Waals surface area contributed by atoms with Gasteiger partial charge in [0.1, 0.15) is 5.60 Å². The predicted octanol–water partition coefficient (Wildman–Crippen LogP) is 2.17. The van der Waals surface area contributed by atoms with Crippen LogP contribution in [0.5, 0.6) is 0 Å². The van der Waals surface area contributed by atoms with Gasteiger partial charge >= 0.3 is 0 Å². The fourth-order valence-corrected chi connectivity index (χ4v) is 1.30. The zero-order chi connectivity index (χ0) is 9.35. The van der Waals surface area contributed by atoms with Crippen LogP contribution in [0.15, 0.2) is 23.8 Å². The van der Waals surface area contributed by atoms with E-state index < -0.39 is 23.4 Å². The van der Waals surface area contributed by atoms with E-state index >= 15 is 0 Å². The lowest BCUT2D eigenvalue weighted by molar-refractivity contribution is 0.0454. The largest absolute Gasteiger partial charge is 0.381 e. The Hall–Kier alpha value is -0.290. The molecule has 0 aromatic rings. The van der Waals surface area contributed by atoms with Crippen molar-refractivity contribution >= 4 is 15.9 Å². The van der Waals surface area contributed by atoms with Crippen LogP contribution in [0.1, 0.15) is 0 Å². The first-order valence-corrected chi connectivity index (χ1v) is 4.30. The maximum absolute atomic E-state index is 12.8. The first kappa shape index (κ1) is 9.80. The minimum Gasteiger partial charge on any atom is -0.381 e. The summed E-state index contributed by atoms with van der Waals surface area (Å²) in [4.78, 5) is 0. The van der Waals surface area contributed by atoms with Crippen LogP contribution in [0.3, 0.4) is 0 Å². The molecular weight excluding hydrogens is 237 g/mol. The van der Waals surface area contributed by atoms with E-state index in [2.05, 4.69) is 15.9 Å². The third kappa shape index (κ3) is 1.56. The molecule has 1 N–H and O–H groups in total. The number of halogens is 4. The highest BCUT2D eigenvalue weighted by atomic mass is 79.9. The van der Waals surface area contributed by atoms with Crippen LogP contribution < -0.4 is 0 Å². The molecule has 0 bridgehead atoms. The van der Waals surface area contributed by atoms with Gasteiger partial charge in [-0.2, -0.15) is 0 Å². The Morgan fingerprint density at radius 1 is 1.50 bits per heavy atom. The van der Waals surface area contributed by atoms with Gasteiger partial charge in [0, 0.05) is 5.33 Å². The average Bonchev–Trinajstić information content (AvgIpc) is 2.01. The molecule has 1 aliphatic carbocycles. The van der Waals surface area contributed by atoms with Gasteiger partial charge in [-0.3, -0.25) is 0 Å². The second-order valence-electron chi connectivity index (χ2n) is 2.53.